The zero-order valence-electron chi connectivity index (χ0n) is 15.2. The first-order valence-electron chi connectivity index (χ1n) is 8.51. The van der Waals surface area contributed by atoms with Gasteiger partial charge in [0.2, 0.25) is 5.91 Å². The van der Waals surface area contributed by atoms with Gasteiger partial charge in [0.25, 0.3) is 0 Å². The number of ether oxygens (including phenoxy) is 1. The van der Waals surface area contributed by atoms with Crippen molar-refractivity contribution in [3.63, 3.8) is 0 Å². The van der Waals surface area contributed by atoms with Crippen molar-refractivity contribution in [3.8, 4) is 16.9 Å². The number of nitrogens with one attached hydrogen (secondary N) is 1. The summed E-state index contributed by atoms with van der Waals surface area (Å²) < 4.78 is 5.25. The summed E-state index contributed by atoms with van der Waals surface area (Å²) in [6.45, 7) is 3.94. The van der Waals surface area contributed by atoms with E-state index >= 15 is 0 Å². The average Bonchev–Trinajstić information content (AvgIpc) is 2.62. The van der Waals surface area contributed by atoms with Gasteiger partial charge in [-0.3, -0.25) is 9.78 Å². The lowest BCUT2D eigenvalue weighted by Gasteiger charge is -2.09. The highest BCUT2D eigenvalue weighted by Gasteiger charge is 2.07. The Balaban J connectivity index is 1.65. The number of nitrogens with zero attached hydrogens (tertiary/aromatic N) is 1. The zero-order valence-corrected chi connectivity index (χ0v) is 15.2. The molecule has 3 aromatic rings. The third-order valence-corrected chi connectivity index (χ3v) is 4.22. The maximum absolute atomic E-state index is 12.3. The SMILES string of the molecule is COc1ccc(CC(=O)Nc2ccc(-c3ccnc(C)c3)cc2)cc1C. The smallest absolute Gasteiger partial charge is 0.228 e. The highest BCUT2D eigenvalue weighted by atomic mass is 16.5. The lowest BCUT2D eigenvalue weighted by molar-refractivity contribution is -0.115. The normalized spacial score (nSPS) is 10.4. The van der Waals surface area contributed by atoms with Crippen LogP contribution < -0.4 is 10.1 Å². The molecule has 0 radical (unpaired) electrons. The summed E-state index contributed by atoms with van der Waals surface area (Å²) in [6, 6.07) is 17.7. The molecule has 0 saturated heterocycles. The van der Waals surface area contributed by atoms with Crippen molar-refractivity contribution in [2.45, 2.75) is 20.3 Å². The highest BCUT2D eigenvalue weighted by Crippen LogP contribution is 2.22. The Morgan fingerprint density at radius 3 is 2.42 bits per heavy atom. The van der Waals surface area contributed by atoms with Gasteiger partial charge in [0, 0.05) is 17.6 Å². The predicted octanol–water partition coefficient (Wildman–Crippen LogP) is 4.56. The van der Waals surface area contributed by atoms with Gasteiger partial charge in [-0.1, -0.05) is 24.3 Å². The molecule has 26 heavy (non-hydrogen) atoms. The molecule has 2 aromatic carbocycles. The molecule has 132 valence electrons. The Labute approximate surface area is 153 Å². The van der Waals surface area contributed by atoms with Crippen molar-refractivity contribution in [1.29, 1.82) is 0 Å². The summed E-state index contributed by atoms with van der Waals surface area (Å²) >= 11 is 0. The topological polar surface area (TPSA) is 51.2 Å². The highest BCUT2D eigenvalue weighted by molar-refractivity contribution is 5.92. The van der Waals surface area contributed by atoms with Crippen molar-refractivity contribution < 1.29 is 9.53 Å². The number of anilines is 1. The average molecular weight is 346 g/mol. The van der Waals surface area contributed by atoms with E-state index in [1.54, 1.807) is 13.3 Å². The molecule has 0 spiro atoms. The molecule has 0 aliphatic carbocycles. The number of benzene rings is 2. The molecule has 4 heteroatoms. The van der Waals surface area contributed by atoms with Gasteiger partial charge in [-0.2, -0.15) is 0 Å². The number of aromatic nitrogens is 1. The third kappa shape index (κ3) is 4.28. The van der Waals surface area contributed by atoms with Gasteiger partial charge >= 0.3 is 0 Å². The van der Waals surface area contributed by atoms with Gasteiger partial charge in [0.15, 0.2) is 0 Å². The maximum atomic E-state index is 12.3. The van der Waals surface area contributed by atoms with Crippen LogP contribution in [0.15, 0.2) is 60.8 Å². The summed E-state index contributed by atoms with van der Waals surface area (Å²) in [5, 5.41) is 2.95. The molecule has 1 heterocycles. The molecular formula is C22H22N2O2. The second kappa shape index (κ2) is 7.83. The second-order valence-electron chi connectivity index (χ2n) is 6.29. The van der Waals surface area contributed by atoms with E-state index in [9.17, 15) is 4.79 Å². The molecule has 0 unspecified atom stereocenters. The van der Waals surface area contributed by atoms with E-state index in [0.29, 0.717) is 6.42 Å². The first kappa shape index (κ1) is 17.7. The fourth-order valence-corrected chi connectivity index (χ4v) is 2.91. The van der Waals surface area contributed by atoms with Crippen LogP contribution in [0.4, 0.5) is 5.69 Å². The van der Waals surface area contributed by atoms with Crippen molar-refractivity contribution in [2.24, 2.45) is 0 Å². The number of carbonyl (C=O) groups excluding carboxylic acids is 1. The molecule has 4 nitrogen and oxygen atoms in total. The van der Waals surface area contributed by atoms with E-state index in [-0.39, 0.29) is 5.91 Å². The van der Waals surface area contributed by atoms with Gasteiger partial charge in [0.05, 0.1) is 13.5 Å². The molecule has 3 rings (SSSR count). The minimum absolute atomic E-state index is 0.0397. The zero-order chi connectivity index (χ0) is 18.5. The van der Waals surface area contributed by atoms with Crippen LogP contribution in [-0.2, 0) is 11.2 Å². The monoisotopic (exact) mass is 346 g/mol. The van der Waals surface area contributed by atoms with E-state index in [1.165, 1.54) is 0 Å². The van der Waals surface area contributed by atoms with Crippen molar-refractivity contribution in [2.75, 3.05) is 12.4 Å². The number of hydrogen-bond acceptors (Lipinski definition) is 3. The number of rotatable bonds is 5. The van der Waals surface area contributed by atoms with Gasteiger partial charge in [-0.15, -0.1) is 0 Å². The van der Waals surface area contributed by atoms with Gasteiger partial charge in [0.1, 0.15) is 5.75 Å². The van der Waals surface area contributed by atoms with Crippen molar-refractivity contribution in [3.05, 3.63) is 77.6 Å². The summed E-state index contributed by atoms with van der Waals surface area (Å²) in [7, 11) is 1.64. The van der Waals surface area contributed by atoms with Crippen molar-refractivity contribution >= 4 is 11.6 Å². The minimum Gasteiger partial charge on any atom is -0.496 e. The number of carbonyl (C=O) groups is 1. The van der Waals surface area contributed by atoms with Crippen LogP contribution in [-0.4, -0.2) is 18.0 Å². The number of pyridine rings is 1. The number of methoxy groups -OCH3 is 1. The summed E-state index contributed by atoms with van der Waals surface area (Å²) in [5.41, 5.74) is 5.97. The van der Waals surface area contributed by atoms with Crippen LogP contribution in [0, 0.1) is 13.8 Å². The standard InChI is InChI=1S/C22H22N2O2/c1-15-12-17(4-9-21(15)26-3)14-22(25)24-20-7-5-18(6-8-20)19-10-11-23-16(2)13-19/h4-13H,14H2,1-3H3,(H,24,25). The Kier molecular flexibility index (Phi) is 5.32. The molecule has 0 bridgehead atoms. The Morgan fingerprint density at radius 2 is 1.77 bits per heavy atom. The second-order valence-corrected chi connectivity index (χ2v) is 6.29. The van der Waals surface area contributed by atoms with Crippen LogP contribution in [0.5, 0.6) is 5.75 Å². The van der Waals surface area contributed by atoms with E-state index in [4.69, 9.17) is 4.74 Å². The van der Waals surface area contributed by atoms with Crippen LogP contribution in [0.2, 0.25) is 0 Å². The molecular weight excluding hydrogens is 324 g/mol. The van der Waals surface area contributed by atoms with Crippen LogP contribution in [0.25, 0.3) is 11.1 Å². The molecule has 0 aliphatic rings. The number of amides is 1. The van der Waals surface area contributed by atoms with E-state index in [2.05, 4.69) is 10.3 Å². The Bertz CT molecular complexity index is 918. The minimum atomic E-state index is -0.0397. The number of aryl methyl sites for hydroxylation is 2. The van der Waals surface area contributed by atoms with Gasteiger partial charge in [-0.25, -0.2) is 0 Å². The van der Waals surface area contributed by atoms with Crippen LogP contribution in [0.1, 0.15) is 16.8 Å². The first-order chi connectivity index (χ1) is 12.5. The molecule has 0 fully saturated rings. The van der Waals surface area contributed by atoms with Crippen molar-refractivity contribution in [1.82, 2.24) is 4.98 Å². The van der Waals surface area contributed by atoms with E-state index < -0.39 is 0 Å². The predicted molar refractivity (Wildman–Crippen MR) is 104 cm³/mol. The fraction of sp³-hybridized carbons (Fsp3) is 0.182. The lowest BCUT2D eigenvalue weighted by atomic mass is 10.1. The summed E-state index contributed by atoms with van der Waals surface area (Å²) in [6.07, 6.45) is 2.13. The molecule has 0 aliphatic heterocycles. The molecule has 1 amide bonds. The Morgan fingerprint density at radius 1 is 1.00 bits per heavy atom. The van der Waals surface area contributed by atoms with E-state index in [1.807, 2.05) is 68.4 Å². The summed E-state index contributed by atoms with van der Waals surface area (Å²) in [5.74, 6) is 0.790. The quantitative estimate of drug-likeness (QED) is 0.737. The largest absolute Gasteiger partial charge is 0.496 e. The Hall–Kier alpha value is -3.14. The van der Waals surface area contributed by atoms with E-state index in [0.717, 1.165) is 39.4 Å². The summed E-state index contributed by atoms with van der Waals surface area (Å²) in [4.78, 5) is 16.5. The van der Waals surface area contributed by atoms with Crippen LogP contribution >= 0.6 is 0 Å². The van der Waals surface area contributed by atoms with Gasteiger partial charge < -0.3 is 10.1 Å². The third-order valence-electron chi connectivity index (χ3n) is 4.22. The molecule has 1 N–H and O–H groups in total. The molecule has 1 aromatic heterocycles. The van der Waals surface area contributed by atoms with Gasteiger partial charge in [-0.05, 0) is 66.4 Å². The first-order valence-corrected chi connectivity index (χ1v) is 8.51. The maximum Gasteiger partial charge on any atom is 0.228 e. The lowest BCUT2D eigenvalue weighted by Crippen LogP contribution is -2.14. The molecule has 0 atom stereocenters. The molecule has 0 saturated carbocycles. The van der Waals surface area contributed by atoms with Crippen LogP contribution in [0.3, 0.4) is 0 Å². The fourth-order valence-electron chi connectivity index (χ4n) is 2.91. The number of hydrogen-bond donors (Lipinski definition) is 1.